The summed E-state index contributed by atoms with van der Waals surface area (Å²) in [6.07, 6.45) is 1.76. The van der Waals surface area contributed by atoms with Gasteiger partial charge in [0.2, 0.25) is 5.95 Å². The molecule has 0 amide bonds. The minimum atomic E-state index is 0.178. The number of nitriles is 1. The van der Waals surface area contributed by atoms with E-state index in [-0.39, 0.29) is 5.95 Å². The Bertz CT molecular complexity index is 1180. The number of anilines is 1. The Balaban J connectivity index is 1.87. The van der Waals surface area contributed by atoms with E-state index in [0.29, 0.717) is 29.0 Å². The third-order valence-electron chi connectivity index (χ3n) is 4.52. The molecule has 7 heteroatoms. The van der Waals surface area contributed by atoms with Crippen molar-refractivity contribution >= 4 is 31.7 Å². The number of imidazole rings is 1. The third-order valence-corrected chi connectivity index (χ3v) is 5.06. The monoisotopic (exact) mass is 372 g/mol. The summed E-state index contributed by atoms with van der Waals surface area (Å²) in [7, 11) is 2.77. The molecule has 2 aromatic carbocycles. The SMILES string of the molecule is Cc1cccc(P)c1Cn1cnc2c(-c3cccc(C#N)c3)nc(N)nc21. The van der Waals surface area contributed by atoms with Crippen LogP contribution in [0.1, 0.15) is 16.7 Å². The lowest BCUT2D eigenvalue weighted by Crippen LogP contribution is -2.10. The van der Waals surface area contributed by atoms with Crippen LogP contribution in [-0.2, 0) is 6.54 Å². The number of hydrogen-bond donors (Lipinski definition) is 1. The van der Waals surface area contributed by atoms with E-state index in [2.05, 4.69) is 49.3 Å². The van der Waals surface area contributed by atoms with E-state index in [0.717, 1.165) is 10.9 Å². The standard InChI is InChI=1S/C20H17N6P/c1-12-4-2-7-16(27)15(12)10-26-11-23-18-17(24-20(22)25-19(18)26)14-6-3-5-13(8-14)9-21/h2-8,11H,10,27H2,1H3,(H2,22,24,25). The van der Waals surface area contributed by atoms with Gasteiger partial charge in [-0.1, -0.05) is 30.3 Å². The Labute approximate surface area is 158 Å². The zero-order chi connectivity index (χ0) is 19.0. The first-order valence-corrected chi connectivity index (χ1v) is 8.97. The molecule has 1 unspecified atom stereocenters. The van der Waals surface area contributed by atoms with E-state index in [1.54, 1.807) is 18.5 Å². The molecule has 6 nitrogen and oxygen atoms in total. The third kappa shape index (κ3) is 3.14. The topological polar surface area (TPSA) is 93.4 Å². The van der Waals surface area contributed by atoms with Gasteiger partial charge < -0.3 is 10.3 Å². The minimum absolute atomic E-state index is 0.178. The average Bonchev–Trinajstić information content (AvgIpc) is 3.07. The zero-order valence-electron chi connectivity index (χ0n) is 14.7. The molecule has 0 fully saturated rings. The van der Waals surface area contributed by atoms with Crippen LogP contribution in [0.25, 0.3) is 22.4 Å². The van der Waals surface area contributed by atoms with Crippen molar-refractivity contribution < 1.29 is 0 Å². The van der Waals surface area contributed by atoms with Crippen molar-refractivity contribution in [1.82, 2.24) is 19.5 Å². The van der Waals surface area contributed by atoms with Crippen molar-refractivity contribution in [1.29, 1.82) is 5.26 Å². The number of nitrogens with zero attached hydrogens (tertiary/aromatic N) is 5. The summed E-state index contributed by atoms with van der Waals surface area (Å²) < 4.78 is 1.97. The summed E-state index contributed by atoms with van der Waals surface area (Å²) >= 11 is 0. The van der Waals surface area contributed by atoms with Crippen molar-refractivity contribution in [3.8, 4) is 17.3 Å². The minimum Gasteiger partial charge on any atom is -0.368 e. The highest BCUT2D eigenvalue weighted by Crippen LogP contribution is 2.27. The van der Waals surface area contributed by atoms with Gasteiger partial charge in [-0.3, -0.25) is 0 Å². The van der Waals surface area contributed by atoms with Crippen LogP contribution >= 0.6 is 9.24 Å². The van der Waals surface area contributed by atoms with Crippen LogP contribution in [0.3, 0.4) is 0 Å². The first-order chi connectivity index (χ1) is 13.1. The molecule has 0 saturated heterocycles. The van der Waals surface area contributed by atoms with Crippen LogP contribution in [0.4, 0.5) is 5.95 Å². The maximum absolute atomic E-state index is 9.17. The lowest BCUT2D eigenvalue weighted by molar-refractivity contribution is 0.813. The average molecular weight is 372 g/mol. The maximum Gasteiger partial charge on any atom is 0.222 e. The first kappa shape index (κ1) is 17.1. The summed E-state index contributed by atoms with van der Waals surface area (Å²) in [6.45, 7) is 2.72. The number of fused-ring (bicyclic) bond motifs is 1. The molecule has 0 aliphatic carbocycles. The van der Waals surface area contributed by atoms with Crippen LogP contribution < -0.4 is 11.0 Å². The second kappa shape index (κ2) is 6.79. The Morgan fingerprint density at radius 2 is 2.00 bits per heavy atom. The second-order valence-electron chi connectivity index (χ2n) is 6.31. The fourth-order valence-corrected chi connectivity index (χ4v) is 3.56. The van der Waals surface area contributed by atoms with Gasteiger partial charge in [0.1, 0.15) is 11.2 Å². The predicted octanol–water partition coefficient (Wildman–Crippen LogP) is 2.80. The van der Waals surface area contributed by atoms with E-state index in [1.165, 1.54) is 11.1 Å². The molecule has 0 aliphatic rings. The maximum atomic E-state index is 9.17. The molecule has 2 N–H and O–H groups in total. The molecule has 0 bridgehead atoms. The molecule has 4 rings (SSSR count). The highest BCUT2D eigenvalue weighted by atomic mass is 31.0. The quantitative estimate of drug-likeness (QED) is 0.558. The lowest BCUT2D eigenvalue weighted by Gasteiger charge is -2.11. The first-order valence-electron chi connectivity index (χ1n) is 8.39. The number of aromatic nitrogens is 4. The molecule has 0 saturated carbocycles. The second-order valence-corrected chi connectivity index (χ2v) is 6.93. The Morgan fingerprint density at radius 1 is 1.19 bits per heavy atom. The molecule has 1 atom stereocenters. The van der Waals surface area contributed by atoms with Gasteiger partial charge in [-0.25, -0.2) is 9.97 Å². The molecular weight excluding hydrogens is 355 g/mol. The molecule has 0 spiro atoms. The lowest BCUT2D eigenvalue weighted by atomic mass is 10.1. The van der Waals surface area contributed by atoms with Crippen LogP contribution in [0.2, 0.25) is 0 Å². The van der Waals surface area contributed by atoms with Crippen molar-refractivity contribution in [2.45, 2.75) is 13.5 Å². The van der Waals surface area contributed by atoms with Gasteiger partial charge >= 0.3 is 0 Å². The van der Waals surface area contributed by atoms with E-state index in [9.17, 15) is 0 Å². The Morgan fingerprint density at radius 3 is 2.78 bits per heavy atom. The zero-order valence-corrected chi connectivity index (χ0v) is 15.9. The fraction of sp³-hybridized carbons (Fsp3) is 0.100. The molecule has 0 aliphatic heterocycles. The van der Waals surface area contributed by atoms with Crippen LogP contribution in [0.5, 0.6) is 0 Å². The van der Waals surface area contributed by atoms with Crippen molar-refractivity contribution in [2.24, 2.45) is 0 Å². The van der Waals surface area contributed by atoms with E-state index in [4.69, 9.17) is 11.0 Å². The largest absolute Gasteiger partial charge is 0.368 e. The molecule has 2 aromatic heterocycles. The molecule has 27 heavy (non-hydrogen) atoms. The number of aryl methyl sites for hydroxylation is 1. The molecule has 0 radical (unpaired) electrons. The molecule has 4 aromatic rings. The molecule has 2 heterocycles. The van der Waals surface area contributed by atoms with Crippen LogP contribution in [0, 0.1) is 18.3 Å². The van der Waals surface area contributed by atoms with Crippen LogP contribution in [-0.4, -0.2) is 19.5 Å². The summed E-state index contributed by atoms with van der Waals surface area (Å²) in [6, 6.07) is 15.6. The molecular formula is C20H17N6P. The molecule has 132 valence electrons. The predicted molar refractivity (Wildman–Crippen MR) is 110 cm³/mol. The highest BCUT2D eigenvalue weighted by Gasteiger charge is 2.15. The highest BCUT2D eigenvalue weighted by molar-refractivity contribution is 7.27. The van der Waals surface area contributed by atoms with Gasteiger partial charge in [0.05, 0.1) is 24.5 Å². The number of rotatable bonds is 3. The van der Waals surface area contributed by atoms with Gasteiger partial charge in [0.15, 0.2) is 5.65 Å². The number of benzene rings is 2. The summed E-state index contributed by atoms with van der Waals surface area (Å²) in [4.78, 5) is 13.3. The Kier molecular flexibility index (Phi) is 4.31. The van der Waals surface area contributed by atoms with Gasteiger partial charge in [0.25, 0.3) is 0 Å². The van der Waals surface area contributed by atoms with Gasteiger partial charge in [-0.15, -0.1) is 9.24 Å². The van der Waals surface area contributed by atoms with E-state index >= 15 is 0 Å². The number of nitrogen functional groups attached to an aromatic ring is 1. The van der Waals surface area contributed by atoms with Crippen molar-refractivity contribution in [3.63, 3.8) is 0 Å². The van der Waals surface area contributed by atoms with E-state index in [1.807, 2.05) is 22.8 Å². The van der Waals surface area contributed by atoms with Crippen molar-refractivity contribution in [3.05, 3.63) is 65.5 Å². The number of hydrogen-bond acceptors (Lipinski definition) is 5. The van der Waals surface area contributed by atoms with Crippen molar-refractivity contribution in [2.75, 3.05) is 5.73 Å². The normalized spacial score (nSPS) is 10.9. The fourth-order valence-electron chi connectivity index (χ4n) is 3.13. The Hall–Kier alpha value is -3.29. The summed E-state index contributed by atoms with van der Waals surface area (Å²) in [5, 5.41) is 10.3. The number of nitrogens with two attached hydrogens (primary N) is 1. The van der Waals surface area contributed by atoms with Gasteiger partial charge in [-0.05, 0) is 35.5 Å². The van der Waals surface area contributed by atoms with Crippen LogP contribution in [0.15, 0.2) is 48.8 Å². The van der Waals surface area contributed by atoms with E-state index < -0.39 is 0 Å². The summed E-state index contributed by atoms with van der Waals surface area (Å²) in [5.41, 5.74) is 11.7. The van der Waals surface area contributed by atoms with Gasteiger partial charge in [0, 0.05) is 5.56 Å². The summed E-state index contributed by atoms with van der Waals surface area (Å²) in [5.74, 6) is 0.178. The van der Waals surface area contributed by atoms with Gasteiger partial charge in [-0.2, -0.15) is 10.2 Å². The smallest absolute Gasteiger partial charge is 0.222 e.